The summed E-state index contributed by atoms with van der Waals surface area (Å²) in [6, 6.07) is -0.397. The molecule has 0 aliphatic carbocycles. The van der Waals surface area contributed by atoms with Crippen molar-refractivity contribution in [2.24, 2.45) is 5.14 Å². The van der Waals surface area contributed by atoms with Crippen LogP contribution < -0.4 is 10.5 Å². The van der Waals surface area contributed by atoms with E-state index in [0.717, 1.165) is 0 Å². The number of carbonyl (C=O) groups excluding carboxylic acids is 1. The molecule has 1 atom stereocenters. The molecule has 0 radical (unpaired) electrons. The van der Waals surface area contributed by atoms with Gasteiger partial charge in [0.2, 0.25) is 15.9 Å². The molecule has 0 aliphatic rings. The first-order valence-electron chi connectivity index (χ1n) is 4.19. The van der Waals surface area contributed by atoms with Crippen LogP contribution in [0, 0.1) is 0 Å². The van der Waals surface area contributed by atoms with Crippen molar-refractivity contribution in [2.75, 3.05) is 26.4 Å². The van der Waals surface area contributed by atoms with Gasteiger partial charge < -0.3 is 10.2 Å². The van der Waals surface area contributed by atoms with Crippen molar-refractivity contribution in [1.29, 1.82) is 0 Å². The highest BCUT2D eigenvalue weighted by atomic mass is 32.2. The number of nitrogens with one attached hydrogen (secondary N) is 1. The summed E-state index contributed by atoms with van der Waals surface area (Å²) in [5, 5.41) is 7.56. The average Bonchev–Trinajstić information content (AvgIpc) is 2.00. The molecule has 0 saturated heterocycles. The smallest absolute Gasteiger partial charge is 0.238 e. The number of sulfonamides is 1. The van der Waals surface area contributed by atoms with Crippen molar-refractivity contribution in [1.82, 2.24) is 10.2 Å². The predicted octanol–water partition coefficient (Wildman–Crippen LogP) is -1.66. The molecule has 0 aromatic rings. The van der Waals surface area contributed by atoms with Crippen LogP contribution in [0.25, 0.3) is 0 Å². The summed E-state index contributed by atoms with van der Waals surface area (Å²) in [6.07, 6.45) is 0. The number of rotatable bonds is 5. The van der Waals surface area contributed by atoms with Crippen LogP contribution >= 0.6 is 0 Å². The number of primary sulfonamides is 1. The van der Waals surface area contributed by atoms with Gasteiger partial charge >= 0.3 is 0 Å². The minimum absolute atomic E-state index is 0.0978. The van der Waals surface area contributed by atoms with Crippen LogP contribution in [0.15, 0.2) is 0 Å². The zero-order valence-corrected chi connectivity index (χ0v) is 9.47. The summed E-state index contributed by atoms with van der Waals surface area (Å²) in [6.45, 7) is 1.85. The molecular formula is C7H17N3O3S. The lowest BCUT2D eigenvalue weighted by atomic mass is 10.3. The van der Waals surface area contributed by atoms with E-state index in [1.165, 1.54) is 4.90 Å². The molecule has 14 heavy (non-hydrogen) atoms. The maximum Gasteiger partial charge on any atom is 0.238 e. The van der Waals surface area contributed by atoms with E-state index < -0.39 is 16.1 Å². The van der Waals surface area contributed by atoms with Crippen LogP contribution in [-0.2, 0) is 14.8 Å². The Hall–Kier alpha value is -0.660. The largest absolute Gasteiger partial charge is 0.347 e. The van der Waals surface area contributed by atoms with Gasteiger partial charge in [0.25, 0.3) is 0 Å². The number of hydrogen-bond acceptors (Lipinski definition) is 4. The van der Waals surface area contributed by atoms with Gasteiger partial charge in [-0.2, -0.15) is 0 Å². The van der Waals surface area contributed by atoms with E-state index >= 15 is 0 Å². The molecule has 1 unspecified atom stereocenters. The second-order valence-corrected chi connectivity index (χ2v) is 5.01. The SMILES string of the molecule is CC(NCCS(N)(=O)=O)C(=O)N(C)C. The Morgan fingerprint density at radius 2 is 2.00 bits per heavy atom. The highest BCUT2D eigenvalue weighted by Crippen LogP contribution is 1.88. The van der Waals surface area contributed by atoms with Crippen molar-refractivity contribution < 1.29 is 13.2 Å². The molecule has 3 N–H and O–H groups in total. The Balaban J connectivity index is 3.86. The molecule has 0 saturated carbocycles. The summed E-state index contributed by atoms with van der Waals surface area (Å²) < 4.78 is 21.1. The third-order valence-corrected chi connectivity index (χ3v) is 2.42. The predicted molar refractivity (Wildman–Crippen MR) is 54.1 cm³/mol. The van der Waals surface area contributed by atoms with Gasteiger partial charge in [0.05, 0.1) is 11.8 Å². The van der Waals surface area contributed by atoms with Crippen LogP contribution in [-0.4, -0.2) is 51.7 Å². The van der Waals surface area contributed by atoms with E-state index in [-0.39, 0.29) is 18.2 Å². The van der Waals surface area contributed by atoms with Crippen molar-refractivity contribution in [2.45, 2.75) is 13.0 Å². The van der Waals surface area contributed by atoms with Gasteiger partial charge in [-0.3, -0.25) is 4.79 Å². The molecule has 0 spiro atoms. The second kappa shape index (κ2) is 5.28. The standard InChI is InChI=1S/C7H17N3O3S/c1-6(7(11)10(2)3)9-4-5-14(8,12)13/h6,9H,4-5H2,1-3H3,(H2,8,12,13). The molecule has 84 valence electrons. The normalized spacial score (nSPS) is 13.7. The third-order valence-electron chi connectivity index (χ3n) is 1.65. The lowest BCUT2D eigenvalue weighted by Crippen LogP contribution is -2.43. The van der Waals surface area contributed by atoms with E-state index in [1.54, 1.807) is 21.0 Å². The minimum Gasteiger partial charge on any atom is -0.347 e. The summed E-state index contributed by atoms with van der Waals surface area (Å²) in [7, 11) is -0.175. The van der Waals surface area contributed by atoms with Crippen LogP contribution in [0.2, 0.25) is 0 Å². The number of amides is 1. The second-order valence-electron chi connectivity index (χ2n) is 3.28. The zero-order valence-electron chi connectivity index (χ0n) is 8.65. The van der Waals surface area contributed by atoms with E-state index in [2.05, 4.69) is 5.32 Å². The number of nitrogens with zero attached hydrogens (tertiary/aromatic N) is 1. The summed E-state index contributed by atoms with van der Waals surface area (Å²) in [5.74, 6) is -0.266. The Kier molecular flexibility index (Phi) is 5.03. The average molecular weight is 223 g/mol. The first kappa shape index (κ1) is 13.3. The van der Waals surface area contributed by atoms with Crippen molar-refractivity contribution in [3.8, 4) is 0 Å². The summed E-state index contributed by atoms with van der Waals surface area (Å²) >= 11 is 0. The first-order valence-corrected chi connectivity index (χ1v) is 5.90. The van der Waals surface area contributed by atoms with Gasteiger partial charge in [0, 0.05) is 20.6 Å². The number of carbonyl (C=O) groups is 1. The van der Waals surface area contributed by atoms with Crippen LogP contribution in [0.1, 0.15) is 6.92 Å². The Morgan fingerprint density at radius 1 is 1.50 bits per heavy atom. The molecule has 0 aromatic heterocycles. The fourth-order valence-electron chi connectivity index (χ4n) is 0.892. The lowest BCUT2D eigenvalue weighted by molar-refractivity contribution is -0.130. The number of hydrogen-bond donors (Lipinski definition) is 2. The fraction of sp³-hybridized carbons (Fsp3) is 0.857. The molecular weight excluding hydrogens is 206 g/mol. The topological polar surface area (TPSA) is 92.5 Å². The Morgan fingerprint density at radius 3 is 2.36 bits per heavy atom. The quantitative estimate of drug-likeness (QED) is 0.583. The van der Waals surface area contributed by atoms with Gasteiger partial charge in [0.1, 0.15) is 0 Å². The van der Waals surface area contributed by atoms with E-state index in [4.69, 9.17) is 5.14 Å². The fourth-order valence-corrected chi connectivity index (χ4v) is 1.29. The molecule has 6 nitrogen and oxygen atoms in total. The third kappa shape index (κ3) is 5.90. The zero-order chi connectivity index (χ0) is 11.4. The molecule has 1 amide bonds. The Labute approximate surface area is 84.5 Å². The van der Waals surface area contributed by atoms with Gasteiger partial charge in [-0.05, 0) is 6.92 Å². The molecule has 7 heteroatoms. The van der Waals surface area contributed by atoms with Gasteiger partial charge in [0.15, 0.2) is 0 Å². The van der Waals surface area contributed by atoms with Crippen molar-refractivity contribution in [3.05, 3.63) is 0 Å². The highest BCUT2D eigenvalue weighted by molar-refractivity contribution is 7.89. The maximum absolute atomic E-state index is 11.3. The molecule has 0 aliphatic heterocycles. The van der Waals surface area contributed by atoms with E-state index in [1.807, 2.05) is 0 Å². The Bertz CT molecular complexity index is 287. The highest BCUT2D eigenvalue weighted by Gasteiger charge is 2.14. The number of nitrogens with two attached hydrogens (primary N) is 1. The van der Waals surface area contributed by atoms with Crippen molar-refractivity contribution >= 4 is 15.9 Å². The van der Waals surface area contributed by atoms with Gasteiger partial charge in [-0.15, -0.1) is 0 Å². The minimum atomic E-state index is -3.45. The summed E-state index contributed by atoms with van der Waals surface area (Å²) in [5.41, 5.74) is 0. The molecule has 0 heterocycles. The molecule has 0 bridgehead atoms. The first-order chi connectivity index (χ1) is 6.24. The lowest BCUT2D eigenvalue weighted by Gasteiger charge is -2.17. The van der Waals surface area contributed by atoms with Crippen LogP contribution in [0.3, 0.4) is 0 Å². The molecule has 0 rings (SSSR count). The van der Waals surface area contributed by atoms with Crippen LogP contribution in [0.5, 0.6) is 0 Å². The van der Waals surface area contributed by atoms with Crippen LogP contribution in [0.4, 0.5) is 0 Å². The number of likely N-dealkylation sites (N-methyl/N-ethyl adjacent to an activating group) is 1. The maximum atomic E-state index is 11.3. The molecule has 0 aromatic carbocycles. The van der Waals surface area contributed by atoms with E-state index in [9.17, 15) is 13.2 Å². The summed E-state index contributed by atoms with van der Waals surface area (Å²) in [4.78, 5) is 12.7. The van der Waals surface area contributed by atoms with Gasteiger partial charge in [-0.25, -0.2) is 13.6 Å². The van der Waals surface area contributed by atoms with E-state index in [0.29, 0.717) is 0 Å². The monoisotopic (exact) mass is 223 g/mol. The van der Waals surface area contributed by atoms with Crippen molar-refractivity contribution in [3.63, 3.8) is 0 Å². The molecule has 0 fully saturated rings. The van der Waals surface area contributed by atoms with Gasteiger partial charge in [-0.1, -0.05) is 0 Å².